The van der Waals surface area contributed by atoms with E-state index >= 15 is 0 Å². The van der Waals surface area contributed by atoms with Gasteiger partial charge in [-0.25, -0.2) is 0 Å². The Morgan fingerprint density at radius 1 is 1.53 bits per heavy atom. The summed E-state index contributed by atoms with van der Waals surface area (Å²) in [5.74, 6) is 0.495. The fourth-order valence-electron chi connectivity index (χ4n) is 1.60. The molecule has 1 atom stereocenters. The van der Waals surface area contributed by atoms with Gasteiger partial charge in [0.2, 0.25) is 5.88 Å². The van der Waals surface area contributed by atoms with Crippen LogP contribution in [0, 0.1) is 11.3 Å². The highest BCUT2D eigenvalue weighted by molar-refractivity contribution is 5.21. The first-order valence-corrected chi connectivity index (χ1v) is 4.87. The van der Waals surface area contributed by atoms with Gasteiger partial charge in [0, 0.05) is 19.2 Å². The highest BCUT2D eigenvalue weighted by Crippen LogP contribution is 2.14. The van der Waals surface area contributed by atoms with Gasteiger partial charge in [0.15, 0.2) is 5.69 Å². The van der Waals surface area contributed by atoms with Crippen molar-refractivity contribution in [2.75, 3.05) is 20.1 Å². The third-order valence-corrected chi connectivity index (χ3v) is 2.39. The van der Waals surface area contributed by atoms with Crippen LogP contribution in [0.25, 0.3) is 0 Å². The molecule has 0 unspecified atom stereocenters. The van der Waals surface area contributed by atoms with E-state index in [1.165, 1.54) is 0 Å². The van der Waals surface area contributed by atoms with Crippen molar-refractivity contribution in [1.29, 1.82) is 5.26 Å². The van der Waals surface area contributed by atoms with Gasteiger partial charge in [-0.15, -0.1) is 10.2 Å². The first-order chi connectivity index (χ1) is 7.28. The molecular formula is C10H12N4O. The van der Waals surface area contributed by atoms with Gasteiger partial charge < -0.3 is 9.64 Å². The van der Waals surface area contributed by atoms with Crippen molar-refractivity contribution < 1.29 is 4.74 Å². The molecule has 78 valence electrons. The van der Waals surface area contributed by atoms with Crippen LogP contribution >= 0.6 is 0 Å². The molecule has 0 aliphatic carbocycles. The summed E-state index contributed by atoms with van der Waals surface area (Å²) in [6, 6.07) is 5.21. The van der Waals surface area contributed by atoms with E-state index in [9.17, 15) is 0 Å². The van der Waals surface area contributed by atoms with Crippen molar-refractivity contribution in [3.63, 3.8) is 0 Å². The molecule has 2 heterocycles. The third kappa shape index (κ3) is 2.42. The van der Waals surface area contributed by atoms with Crippen molar-refractivity contribution in [2.24, 2.45) is 0 Å². The Labute approximate surface area is 88.3 Å². The van der Waals surface area contributed by atoms with E-state index in [1.807, 2.05) is 6.07 Å². The second-order valence-corrected chi connectivity index (χ2v) is 3.66. The van der Waals surface area contributed by atoms with Crippen LogP contribution in [0.2, 0.25) is 0 Å². The molecule has 0 aromatic carbocycles. The third-order valence-electron chi connectivity index (χ3n) is 2.39. The first kappa shape index (κ1) is 9.87. The van der Waals surface area contributed by atoms with Crippen LogP contribution in [0.1, 0.15) is 12.1 Å². The van der Waals surface area contributed by atoms with Gasteiger partial charge in [-0.2, -0.15) is 5.26 Å². The molecule has 5 nitrogen and oxygen atoms in total. The van der Waals surface area contributed by atoms with Gasteiger partial charge in [-0.05, 0) is 19.5 Å². The van der Waals surface area contributed by atoms with E-state index in [0.29, 0.717) is 11.6 Å². The lowest BCUT2D eigenvalue weighted by Gasteiger charge is -2.11. The fraction of sp³-hybridized carbons (Fsp3) is 0.500. The number of nitriles is 1. The number of hydrogen-bond acceptors (Lipinski definition) is 5. The van der Waals surface area contributed by atoms with Crippen LogP contribution < -0.4 is 4.74 Å². The van der Waals surface area contributed by atoms with Gasteiger partial charge >= 0.3 is 0 Å². The van der Waals surface area contributed by atoms with Gasteiger partial charge in [0.25, 0.3) is 0 Å². The van der Waals surface area contributed by atoms with Crippen LogP contribution in [0.5, 0.6) is 5.88 Å². The second kappa shape index (κ2) is 4.24. The van der Waals surface area contributed by atoms with Crippen molar-refractivity contribution in [2.45, 2.75) is 12.5 Å². The Bertz CT molecular complexity index is 370. The molecule has 15 heavy (non-hydrogen) atoms. The van der Waals surface area contributed by atoms with E-state index < -0.39 is 0 Å². The Morgan fingerprint density at radius 2 is 2.40 bits per heavy atom. The van der Waals surface area contributed by atoms with Crippen LogP contribution in [-0.2, 0) is 0 Å². The summed E-state index contributed by atoms with van der Waals surface area (Å²) in [5, 5.41) is 16.1. The predicted molar refractivity (Wildman–Crippen MR) is 53.3 cm³/mol. The lowest BCUT2D eigenvalue weighted by atomic mass is 10.3. The van der Waals surface area contributed by atoms with Gasteiger partial charge in [0.05, 0.1) is 0 Å². The van der Waals surface area contributed by atoms with Crippen LogP contribution in [-0.4, -0.2) is 41.3 Å². The average molecular weight is 204 g/mol. The Morgan fingerprint density at radius 3 is 2.93 bits per heavy atom. The Kier molecular flexibility index (Phi) is 2.79. The summed E-state index contributed by atoms with van der Waals surface area (Å²) in [6.45, 7) is 1.97. The fourth-order valence-corrected chi connectivity index (χ4v) is 1.60. The van der Waals surface area contributed by atoms with Gasteiger partial charge in [0.1, 0.15) is 12.2 Å². The molecule has 1 aliphatic heterocycles. The lowest BCUT2D eigenvalue weighted by molar-refractivity contribution is 0.198. The molecule has 0 spiro atoms. The molecule has 0 amide bonds. The molecular weight excluding hydrogens is 192 g/mol. The summed E-state index contributed by atoms with van der Waals surface area (Å²) >= 11 is 0. The summed E-state index contributed by atoms with van der Waals surface area (Å²) in [7, 11) is 2.06. The smallest absolute Gasteiger partial charge is 0.233 e. The summed E-state index contributed by atoms with van der Waals surface area (Å²) in [6.07, 6.45) is 1.20. The minimum atomic E-state index is 0.192. The summed E-state index contributed by atoms with van der Waals surface area (Å²) in [4.78, 5) is 2.21. The standard InChI is InChI=1S/C10H12N4O/c1-14-5-4-9(7-14)15-10-3-2-8(6-11)12-13-10/h2-3,9H,4-5,7H2,1H3/t9-/m1/s1. The number of nitrogens with zero attached hydrogens (tertiary/aromatic N) is 4. The second-order valence-electron chi connectivity index (χ2n) is 3.66. The van der Waals surface area contributed by atoms with E-state index in [1.54, 1.807) is 12.1 Å². The molecule has 1 aromatic heterocycles. The number of likely N-dealkylation sites (N-methyl/N-ethyl adjacent to an activating group) is 1. The number of rotatable bonds is 2. The summed E-state index contributed by atoms with van der Waals surface area (Å²) in [5.41, 5.74) is 0.311. The molecule has 1 aliphatic rings. The Hall–Kier alpha value is -1.67. The summed E-state index contributed by atoms with van der Waals surface area (Å²) < 4.78 is 5.62. The minimum Gasteiger partial charge on any atom is -0.472 e. The first-order valence-electron chi connectivity index (χ1n) is 4.87. The molecule has 2 rings (SSSR count). The van der Waals surface area contributed by atoms with E-state index in [2.05, 4.69) is 22.1 Å². The number of aromatic nitrogens is 2. The van der Waals surface area contributed by atoms with Crippen LogP contribution in [0.3, 0.4) is 0 Å². The predicted octanol–water partition coefficient (Wildman–Crippen LogP) is 0.431. The van der Waals surface area contributed by atoms with Crippen LogP contribution in [0.4, 0.5) is 0 Å². The molecule has 1 aromatic rings. The van der Waals surface area contributed by atoms with Gasteiger partial charge in [-0.3, -0.25) is 0 Å². The van der Waals surface area contributed by atoms with Crippen molar-refractivity contribution in [3.8, 4) is 11.9 Å². The highest BCUT2D eigenvalue weighted by Gasteiger charge is 2.21. The molecule has 1 fully saturated rings. The average Bonchev–Trinajstić information content (AvgIpc) is 2.65. The maximum Gasteiger partial charge on any atom is 0.233 e. The van der Waals surface area contributed by atoms with Crippen molar-refractivity contribution >= 4 is 0 Å². The van der Waals surface area contributed by atoms with Crippen molar-refractivity contribution in [1.82, 2.24) is 15.1 Å². The van der Waals surface area contributed by atoms with E-state index in [4.69, 9.17) is 10.00 Å². The largest absolute Gasteiger partial charge is 0.472 e. The zero-order valence-corrected chi connectivity index (χ0v) is 8.55. The zero-order chi connectivity index (χ0) is 10.7. The van der Waals surface area contributed by atoms with E-state index in [-0.39, 0.29) is 6.10 Å². The quantitative estimate of drug-likeness (QED) is 0.699. The highest BCUT2D eigenvalue weighted by atomic mass is 16.5. The maximum atomic E-state index is 8.55. The minimum absolute atomic E-state index is 0.192. The zero-order valence-electron chi connectivity index (χ0n) is 8.55. The van der Waals surface area contributed by atoms with E-state index in [0.717, 1.165) is 19.5 Å². The van der Waals surface area contributed by atoms with Crippen LogP contribution in [0.15, 0.2) is 12.1 Å². The number of likely N-dealkylation sites (tertiary alicyclic amines) is 1. The molecule has 0 N–H and O–H groups in total. The molecule has 1 saturated heterocycles. The molecule has 0 radical (unpaired) electrons. The Balaban J connectivity index is 1.96. The maximum absolute atomic E-state index is 8.55. The SMILES string of the molecule is CN1CC[C@@H](Oc2ccc(C#N)nn2)C1. The van der Waals surface area contributed by atoms with Gasteiger partial charge in [-0.1, -0.05) is 0 Å². The topological polar surface area (TPSA) is 62.0 Å². The lowest BCUT2D eigenvalue weighted by Crippen LogP contribution is -2.21. The molecule has 5 heteroatoms. The molecule has 0 saturated carbocycles. The number of hydrogen-bond donors (Lipinski definition) is 0. The van der Waals surface area contributed by atoms with Crippen molar-refractivity contribution in [3.05, 3.63) is 17.8 Å². The monoisotopic (exact) mass is 204 g/mol. The normalized spacial score (nSPS) is 21.2. The molecule has 0 bridgehead atoms. The number of ether oxygens (including phenoxy) is 1.